The minimum absolute atomic E-state index is 0.0314. The maximum Gasteiger partial charge on any atom is 0.322 e. The molecule has 2 fully saturated rings. The maximum atomic E-state index is 15.0. The third-order valence-corrected chi connectivity index (χ3v) is 12.2. The van der Waals surface area contributed by atoms with Crippen LogP contribution in [-0.2, 0) is 22.7 Å². The molecule has 0 aliphatic carbocycles. The van der Waals surface area contributed by atoms with Crippen LogP contribution < -0.4 is 20.4 Å². The molecule has 2 aliphatic heterocycles. The number of para-hydroxylation sites is 2. The fourth-order valence-electron chi connectivity index (χ4n) is 7.77. The number of urea groups is 2. The largest absolute Gasteiger partial charge is 0.415 e. The molecule has 6 aromatic rings. The van der Waals surface area contributed by atoms with Gasteiger partial charge in [0, 0.05) is 112 Å². The fourth-order valence-corrected chi connectivity index (χ4v) is 7.97. The minimum Gasteiger partial charge on any atom is -0.415 e. The van der Waals surface area contributed by atoms with Crippen LogP contribution in [-0.4, -0.2) is 123 Å². The second kappa shape index (κ2) is 28.4. The number of piperidine rings is 1. The van der Waals surface area contributed by atoms with Gasteiger partial charge in [-0.1, -0.05) is 64.5 Å². The highest BCUT2D eigenvalue weighted by Gasteiger charge is 2.24. The average molecular weight is 1110 g/mol. The van der Waals surface area contributed by atoms with Crippen LogP contribution in [0.5, 0.6) is 0 Å². The van der Waals surface area contributed by atoms with Gasteiger partial charge in [-0.25, -0.2) is 18.4 Å². The summed E-state index contributed by atoms with van der Waals surface area (Å²) in [6, 6.07) is 25.0. The minimum atomic E-state index is -2.92. The quantitative estimate of drug-likeness (QED) is 0.0737. The van der Waals surface area contributed by atoms with E-state index in [-0.39, 0.29) is 65.0 Å². The normalized spacial score (nSPS) is 13.6. The number of anilines is 2. The van der Waals surface area contributed by atoms with Gasteiger partial charge in [-0.3, -0.25) is 24.3 Å². The van der Waals surface area contributed by atoms with E-state index in [1.807, 2.05) is 17.0 Å². The molecular weight excluding hydrogens is 1060 g/mol. The number of hydrogen-bond donors (Lipinski definition) is 2. The smallest absolute Gasteiger partial charge is 0.322 e. The van der Waals surface area contributed by atoms with Crippen LogP contribution in [0.2, 0.25) is 0 Å². The first-order chi connectivity index (χ1) is 36.1. The van der Waals surface area contributed by atoms with Crippen molar-refractivity contribution in [1.29, 1.82) is 0 Å². The van der Waals surface area contributed by atoms with Gasteiger partial charge in [0.05, 0.1) is 13.1 Å². The first kappa shape index (κ1) is 56.9. The van der Waals surface area contributed by atoms with Crippen LogP contribution in [0.15, 0.2) is 106 Å². The number of aromatic nitrogens is 4. The number of amides is 6. The molecule has 17 nitrogen and oxygen atoms in total. The Balaban J connectivity index is 0.000000213. The van der Waals surface area contributed by atoms with E-state index in [1.165, 1.54) is 53.3 Å². The molecule has 2 aromatic heterocycles. The molecule has 0 atom stereocenters. The first-order valence-electron chi connectivity index (χ1n) is 23.9. The van der Waals surface area contributed by atoms with E-state index in [0.29, 0.717) is 49.4 Å². The topological polar surface area (TPSA) is 186 Å². The van der Waals surface area contributed by atoms with Crippen molar-refractivity contribution in [1.82, 2.24) is 45.7 Å². The Bertz CT molecular complexity index is 2780. The predicted molar refractivity (Wildman–Crippen MR) is 270 cm³/mol. The Morgan fingerprint density at radius 2 is 1.01 bits per heavy atom. The summed E-state index contributed by atoms with van der Waals surface area (Å²) in [5, 5.41) is 19.7. The fraction of sp³-hybridized carbons (Fsp3) is 0.373. The number of nitrogens with zero attached hydrogens (tertiary/aromatic N) is 9. The van der Waals surface area contributed by atoms with Gasteiger partial charge in [-0.15, -0.1) is 20.4 Å². The zero-order valence-corrected chi connectivity index (χ0v) is 42.7. The number of carbonyl (C=O) groups excluding carboxylic acids is 4. The Morgan fingerprint density at radius 3 is 1.39 bits per heavy atom. The predicted octanol–water partition coefficient (Wildman–Crippen LogP) is 9.64. The van der Waals surface area contributed by atoms with E-state index in [4.69, 9.17) is 8.83 Å². The number of piperazine rings is 1. The summed E-state index contributed by atoms with van der Waals surface area (Å²) in [5.41, 5.74) is 1.96. The second-order valence-electron chi connectivity index (χ2n) is 17.0. The molecule has 0 radical (unpaired) electrons. The molecule has 2 aliphatic rings. The Kier molecular flexibility index (Phi) is 21.5. The van der Waals surface area contributed by atoms with Crippen molar-refractivity contribution in [3.05, 3.63) is 132 Å². The van der Waals surface area contributed by atoms with Crippen molar-refractivity contribution in [2.75, 3.05) is 74.0 Å². The molecule has 4 heterocycles. The summed E-state index contributed by atoms with van der Waals surface area (Å²) < 4.78 is 90.1. The molecule has 4 aromatic carbocycles. The van der Waals surface area contributed by atoms with E-state index in [9.17, 15) is 45.5 Å². The SMILES string of the molecule is CC(=O)N1CCCCC1.CC(=O)N1CCN(CCNC(=O)N(Cc2ccc(-c3nnc(C(F)F)o3)cc2F)c2ccccc2)CC1.O=C(NCCBr)N(Cc1ccc(-c2nnc(C(F)F)o2)cc1F)c1ccccc1. The number of halogens is 7. The maximum absolute atomic E-state index is 15.0. The van der Waals surface area contributed by atoms with Crippen LogP contribution in [0.25, 0.3) is 22.9 Å². The van der Waals surface area contributed by atoms with E-state index >= 15 is 0 Å². The molecule has 400 valence electrons. The summed E-state index contributed by atoms with van der Waals surface area (Å²) in [5.74, 6) is -3.09. The van der Waals surface area contributed by atoms with Gasteiger partial charge in [-0.2, -0.15) is 17.6 Å². The van der Waals surface area contributed by atoms with Crippen LogP contribution in [0.3, 0.4) is 0 Å². The van der Waals surface area contributed by atoms with Gasteiger partial charge < -0.3 is 29.3 Å². The van der Waals surface area contributed by atoms with Crippen LogP contribution >= 0.6 is 15.9 Å². The lowest BCUT2D eigenvalue weighted by molar-refractivity contribution is -0.131. The second-order valence-corrected chi connectivity index (χ2v) is 17.8. The molecule has 6 amide bonds. The summed E-state index contributed by atoms with van der Waals surface area (Å²) in [4.78, 5) is 56.6. The molecule has 0 bridgehead atoms. The lowest BCUT2D eigenvalue weighted by Crippen LogP contribution is -2.50. The summed E-state index contributed by atoms with van der Waals surface area (Å²) >= 11 is 3.24. The summed E-state index contributed by atoms with van der Waals surface area (Å²) in [6.45, 7) is 9.25. The van der Waals surface area contributed by atoms with Crippen molar-refractivity contribution >= 4 is 51.2 Å². The Morgan fingerprint density at radius 1 is 0.587 bits per heavy atom. The number of carbonyl (C=O) groups is 4. The van der Waals surface area contributed by atoms with Crippen molar-refractivity contribution in [2.24, 2.45) is 0 Å². The molecule has 2 saturated heterocycles. The number of rotatable bonds is 15. The number of alkyl halides is 5. The van der Waals surface area contributed by atoms with Gasteiger partial charge in [0.1, 0.15) is 11.6 Å². The third-order valence-electron chi connectivity index (χ3n) is 11.8. The highest BCUT2D eigenvalue weighted by molar-refractivity contribution is 9.09. The highest BCUT2D eigenvalue weighted by Crippen LogP contribution is 2.28. The zero-order valence-electron chi connectivity index (χ0n) is 41.1. The van der Waals surface area contributed by atoms with Crippen LogP contribution in [0, 0.1) is 11.6 Å². The first-order valence-corrected chi connectivity index (χ1v) is 25.0. The van der Waals surface area contributed by atoms with Crippen molar-refractivity contribution in [3.63, 3.8) is 0 Å². The highest BCUT2D eigenvalue weighted by atomic mass is 79.9. The van der Waals surface area contributed by atoms with Crippen LogP contribution in [0.4, 0.5) is 47.3 Å². The molecule has 24 heteroatoms. The molecule has 2 N–H and O–H groups in total. The summed E-state index contributed by atoms with van der Waals surface area (Å²) in [6.07, 6.45) is -2.14. The zero-order chi connectivity index (χ0) is 53.9. The Hall–Kier alpha value is -7.34. The van der Waals surface area contributed by atoms with Crippen molar-refractivity contribution < 1.29 is 54.4 Å². The standard InChI is InChI=1S/C25H27F3N6O3.C19H16BrF3N4O2.C7H13NO/c1-17(35)33-13-11-32(12-14-33)10-9-29-25(36)34(20-5-3-2-4-6-20)16-19-8-7-18(15-21(19)26)23-30-31-24(37-23)22(27)28;20-8-9-24-19(28)27(14-4-2-1-3-5-14)11-13-7-6-12(10-15(13)21)17-25-26-18(29-17)16(22)23;1-7(9)8-5-3-2-4-6-8/h2-8,15,22H,9-14,16H2,1H3,(H,29,36);1-7,10,16H,8-9,11H2,(H,24,28);2-6H2,1H3. The van der Waals surface area contributed by atoms with E-state index in [1.54, 1.807) is 67.3 Å². The lowest BCUT2D eigenvalue weighted by atomic mass is 10.1. The molecular formula is C51H56BrF6N11O6. The summed E-state index contributed by atoms with van der Waals surface area (Å²) in [7, 11) is 0. The lowest BCUT2D eigenvalue weighted by Gasteiger charge is -2.34. The van der Waals surface area contributed by atoms with E-state index in [2.05, 4.69) is 51.9 Å². The number of hydrogen-bond acceptors (Lipinski definition) is 11. The molecule has 75 heavy (non-hydrogen) atoms. The van der Waals surface area contributed by atoms with Crippen molar-refractivity contribution in [2.45, 2.75) is 59.1 Å². The van der Waals surface area contributed by atoms with Crippen LogP contribution in [0.1, 0.15) is 68.9 Å². The third kappa shape index (κ3) is 16.8. The number of nitrogens with one attached hydrogen (secondary N) is 2. The average Bonchev–Trinajstić information content (AvgIpc) is 4.13. The molecule has 0 saturated carbocycles. The molecule has 0 spiro atoms. The number of likely N-dealkylation sites (tertiary alicyclic amines) is 1. The van der Waals surface area contributed by atoms with Gasteiger partial charge >= 0.3 is 24.9 Å². The molecule has 8 rings (SSSR count). The van der Waals surface area contributed by atoms with Gasteiger partial charge in [0.25, 0.3) is 11.8 Å². The van der Waals surface area contributed by atoms with E-state index < -0.39 is 42.3 Å². The van der Waals surface area contributed by atoms with Crippen molar-refractivity contribution in [3.8, 4) is 22.9 Å². The van der Waals surface area contributed by atoms with Gasteiger partial charge in [-0.05, 0) is 67.8 Å². The van der Waals surface area contributed by atoms with Gasteiger partial charge in [0.15, 0.2) is 0 Å². The van der Waals surface area contributed by atoms with E-state index in [0.717, 1.165) is 38.3 Å². The monoisotopic (exact) mass is 1110 g/mol. The molecule has 0 unspecified atom stereocenters. The number of benzene rings is 4. The Labute approximate surface area is 437 Å². The van der Waals surface area contributed by atoms with Gasteiger partial charge in [0.2, 0.25) is 23.6 Å².